The van der Waals surface area contributed by atoms with Gasteiger partial charge in [0, 0.05) is 24.1 Å². The van der Waals surface area contributed by atoms with Gasteiger partial charge in [-0.3, -0.25) is 0 Å². The van der Waals surface area contributed by atoms with Gasteiger partial charge in [-0.25, -0.2) is 4.98 Å². The van der Waals surface area contributed by atoms with E-state index in [4.69, 9.17) is 4.74 Å². The molecule has 2 unspecified atom stereocenters. The van der Waals surface area contributed by atoms with E-state index in [1.807, 2.05) is 12.3 Å². The zero-order valence-corrected chi connectivity index (χ0v) is 11.2. The molecule has 0 amide bonds. The first kappa shape index (κ1) is 13.0. The van der Waals surface area contributed by atoms with Crippen LogP contribution in [-0.4, -0.2) is 28.9 Å². The first-order valence-corrected chi connectivity index (χ1v) is 7.32. The molecule has 96 valence electrons. The van der Waals surface area contributed by atoms with E-state index in [9.17, 15) is 5.11 Å². The van der Waals surface area contributed by atoms with Gasteiger partial charge in [0.2, 0.25) is 0 Å². The highest BCUT2D eigenvalue weighted by Crippen LogP contribution is 2.19. The molecule has 1 saturated heterocycles. The molecule has 1 aromatic rings. The lowest BCUT2D eigenvalue weighted by atomic mass is 10.1. The first-order valence-electron chi connectivity index (χ1n) is 6.44. The number of rotatable bonds is 6. The van der Waals surface area contributed by atoms with E-state index < -0.39 is 0 Å². The van der Waals surface area contributed by atoms with Crippen molar-refractivity contribution in [2.24, 2.45) is 0 Å². The Labute approximate surface area is 107 Å². The van der Waals surface area contributed by atoms with Crippen LogP contribution in [0.5, 0.6) is 0 Å². The van der Waals surface area contributed by atoms with Gasteiger partial charge in [-0.05, 0) is 39.0 Å². The highest BCUT2D eigenvalue weighted by atomic mass is 32.1. The predicted molar refractivity (Wildman–Crippen MR) is 69.4 cm³/mol. The molecule has 1 aromatic heterocycles. The monoisotopic (exact) mass is 255 g/mol. The summed E-state index contributed by atoms with van der Waals surface area (Å²) in [5, 5.41) is 13.0. The second-order valence-corrected chi connectivity index (χ2v) is 5.75. The van der Waals surface area contributed by atoms with Gasteiger partial charge in [0.1, 0.15) is 0 Å². The van der Waals surface area contributed by atoms with Crippen molar-refractivity contribution in [2.45, 2.75) is 57.7 Å². The summed E-state index contributed by atoms with van der Waals surface area (Å²) >= 11 is 1.64. The van der Waals surface area contributed by atoms with Crippen molar-refractivity contribution >= 4 is 11.3 Å². The summed E-state index contributed by atoms with van der Waals surface area (Å²) in [6.45, 7) is 2.91. The lowest BCUT2D eigenvalue weighted by molar-refractivity contribution is 0.0945. The molecule has 1 aliphatic heterocycles. The molecule has 0 aliphatic carbocycles. The van der Waals surface area contributed by atoms with Gasteiger partial charge in [0.25, 0.3) is 0 Å². The van der Waals surface area contributed by atoms with Gasteiger partial charge >= 0.3 is 0 Å². The van der Waals surface area contributed by atoms with E-state index in [2.05, 4.69) is 4.98 Å². The van der Waals surface area contributed by atoms with Crippen LogP contribution in [-0.2, 0) is 11.2 Å². The lowest BCUT2D eigenvalue weighted by Gasteiger charge is -2.11. The van der Waals surface area contributed by atoms with Crippen molar-refractivity contribution in [3.8, 4) is 0 Å². The summed E-state index contributed by atoms with van der Waals surface area (Å²) in [5.74, 6) is 0. The maximum Gasteiger partial charge on any atom is 0.0953 e. The summed E-state index contributed by atoms with van der Waals surface area (Å²) in [6.07, 6.45) is 6.30. The molecule has 17 heavy (non-hydrogen) atoms. The molecule has 2 heterocycles. The van der Waals surface area contributed by atoms with Crippen LogP contribution in [0.3, 0.4) is 0 Å². The van der Waals surface area contributed by atoms with Gasteiger partial charge in [0.15, 0.2) is 0 Å². The zero-order valence-electron chi connectivity index (χ0n) is 10.4. The molecule has 4 heteroatoms. The normalized spacial score (nSPS) is 21.9. The Kier molecular flexibility index (Phi) is 4.95. The maximum absolute atomic E-state index is 9.91. The molecular weight excluding hydrogens is 234 g/mol. The number of aliphatic hydroxyl groups is 1. The Hall–Kier alpha value is -0.450. The number of hydrogen-bond donors (Lipinski definition) is 1. The molecule has 0 spiro atoms. The van der Waals surface area contributed by atoms with Gasteiger partial charge in [-0.2, -0.15) is 0 Å². The van der Waals surface area contributed by atoms with Crippen LogP contribution >= 0.6 is 11.3 Å². The van der Waals surface area contributed by atoms with Gasteiger partial charge in [-0.15, -0.1) is 11.3 Å². The smallest absolute Gasteiger partial charge is 0.0953 e. The summed E-state index contributed by atoms with van der Waals surface area (Å²) in [6, 6.07) is 0. The van der Waals surface area contributed by atoms with Crippen molar-refractivity contribution < 1.29 is 9.84 Å². The highest BCUT2D eigenvalue weighted by molar-refractivity contribution is 7.09. The summed E-state index contributed by atoms with van der Waals surface area (Å²) in [5.41, 5.74) is 1.05. The topological polar surface area (TPSA) is 42.4 Å². The van der Waals surface area contributed by atoms with Crippen LogP contribution in [0.15, 0.2) is 5.38 Å². The van der Waals surface area contributed by atoms with Crippen LogP contribution in [0.25, 0.3) is 0 Å². The van der Waals surface area contributed by atoms with Crippen LogP contribution in [0.2, 0.25) is 0 Å². The minimum Gasteiger partial charge on any atom is -0.393 e. The predicted octanol–water partition coefficient (Wildman–Crippen LogP) is 2.70. The van der Waals surface area contributed by atoms with E-state index in [0.717, 1.165) is 36.6 Å². The molecule has 2 atom stereocenters. The third-order valence-electron chi connectivity index (χ3n) is 3.16. The average Bonchev–Trinajstić information content (AvgIpc) is 2.90. The van der Waals surface area contributed by atoms with Crippen LogP contribution < -0.4 is 0 Å². The quantitative estimate of drug-likeness (QED) is 0.850. The minimum atomic E-state index is -0.248. The average molecular weight is 255 g/mol. The molecule has 1 fully saturated rings. The minimum absolute atomic E-state index is 0.248. The van der Waals surface area contributed by atoms with Crippen molar-refractivity contribution in [3.63, 3.8) is 0 Å². The fraction of sp³-hybridized carbons (Fsp3) is 0.769. The molecule has 3 nitrogen and oxygen atoms in total. The second-order valence-electron chi connectivity index (χ2n) is 4.81. The number of aromatic nitrogens is 1. The molecule has 0 aromatic carbocycles. The summed E-state index contributed by atoms with van der Waals surface area (Å²) in [4.78, 5) is 4.37. The van der Waals surface area contributed by atoms with Gasteiger partial charge < -0.3 is 9.84 Å². The molecule has 1 aliphatic rings. The van der Waals surface area contributed by atoms with Crippen LogP contribution in [0.4, 0.5) is 0 Å². The van der Waals surface area contributed by atoms with E-state index >= 15 is 0 Å². The lowest BCUT2D eigenvalue weighted by Crippen LogP contribution is -2.12. The Bertz CT molecular complexity index is 334. The number of aliphatic hydroxyl groups excluding tert-OH is 1. The van der Waals surface area contributed by atoms with Crippen molar-refractivity contribution in [1.82, 2.24) is 4.98 Å². The van der Waals surface area contributed by atoms with E-state index in [-0.39, 0.29) is 6.10 Å². The maximum atomic E-state index is 9.91. The fourth-order valence-electron chi connectivity index (χ4n) is 2.25. The zero-order chi connectivity index (χ0) is 12.1. The standard InChI is InChI=1S/C13H21NO2S/c1-10-9-17-13(14-10)8-11(15)4-2-5-12-6-3-7-16-12/h9,11-12,15H,2-8H2,1H3. The van der Waals surface area contributed by atoms with E-state index in [0.29, 0.717) is 12.5 Å². The summed E-state index contributed by atoms with van der Waals surface area (Å²) < 4.78 is 5.56. The molecule has 1 N–H and O–H groups in total. The summed E-state index contributed by atoms with van der Waals surface area (Å²) in [7, 11) is 0. The number of hydrogen-bond acceptors (Lipinski definition) is 4. The van der Waals surface area contributed by atoms with E-state index in [1.54, 1.807) is 11.3 Å². The van der Waals surface area contributed by atoms with Crippen molar-refractivity contribution in [1.29, 1.82) is 0 Å². The number of ether oxygens (including phenoxy) is 1. The first-order chi connectivity index (χ1) is 8.24. The number of aryl methyl sites for hydroxylation is 1. The Morgan fingerprint density at radius 3 is 3.18 bits per heavy atom. The molecule has 0 radical (unpaired) electrons. The molecule has 0 saturated carbocycles. The SMILES string of the molecule is Cc1csc(CC(O)CCCC2CCCO2)n1. The van der Waals surface area contributed by atoms with Crippen molar-refractivity contribution in [3.05, 3.63) is 16.1 Å². The Balaban J connectivity index is 1.61. The molecule has 2 rings (SSSR count). The Morgan fingerprint density at radius 2 is 2.53 bits per heavy atom. The molecular formula is C13H21NO2S. The third-order valence-corrected chi connectivity index (χ3v) is 4.15. The fourth-order valence-corrected chi connectivity index (χ4v) is 3.10. The third kappa shape index (κ3) is 4.37. The van der Waals surface area contributed by atoms with Crippen LogP contribution in [0.1, 0.15) is 42.8 Å². The highest BCUT2D eigenvalue weighted by Gasteiger charge is 2.16. The second kappa shape index (κ2) is 6.47. The largest absolute Gasteiger partial charge is 0.393 e. The Morgan fingerprint density at radius 1 is 1.65 bits per heavy atom. The van der Waals surface area contributed by atoms with Gasteiger partial charge in [0.05, 0.1) is 17.2 Å². The molecule has 0 bridgehead atoms. The number of nitrogens with zero attached hydrogens (tertiary/aromatic N) is 1. The van der Waals surface area contributed by atoms with E-state index in [1.165, 1.54) is 12.8 Å². The number of thiazole rings is 1. The van der Waals surface area contributed by atoms with Gasteiger partial charge in [-0.1, -0.05) is 0 Å². The van der Waals surface area contributed by atoms with Crippen molar-refractivity contribution in [2.75, 3.05) is 6.61 Å². The van der Waals surface area contributed by atoms with Crippen LogP contribution in [0, 0.1) is 6.92 Å².